The molecule has 0 spiro atoms. The number of benzene rings is 1. The number of anilines is 1. The zero-order valence-electron chi connectivity index (χ0n) is 11.2. The summed E-state index contributed by atoms with van der Waals surface area (Å²) in [5.74, 6) is -0.492. The van der Waals surface area contributed by atoms with Gasteiger partial charge in [-0.05, 0) is 37.6 Å². The molecule has 19 heavy (non-hydrogen) atoms. The van der Waals surface area contributed by atoms with Crippen LogP contribution in [0.25, 0.3) is 0 Å². The lowest BCUT2D eigenvalue weighted by Gasteiger charge is -2.29. The number of nitrogens with two attached hydrogens (primary N) is 1. The number of carbonyl (C=O) groups is 1. The molecule has 1 atom stereocenters. The Kier molecular flexibility index (Phi) is 4.66. The van der Waals surface area contributed by atoms with E-state index < -0.39 is 5.91 Å². The highest BCUT2D eigenvalue weighted by molar-refractivity contribution is 6.34. The predicted octanol–water partition coefficient (Wildman–Crippen LogP) is 2.02. The molecule has 3 N–H and O–H groups in total. The van der Waals surface area contributed by atoms with Crippen LogP contribution in [-0.4, -0.2) is 32.1 Å². The number of hydrogen-bond donors (Lipinski definition) is 2. The van der Waals surface area contributed by atoms with Gasteiger partial charge in [-0.25, -0.2) is 0 Å². The van der Waals surface area contributed by atoms with Gasteiger partial charge in [0.2, 0.25) is 5.91 Å². The first-order valence-electron chi connectivity index (χ1n) is 6.62. The van der Waals surface area contributed by atoms with Gasteiger partial charge >= 0.3 is 0 Å². The number of hydrogen-bond acceptors (Lipinski definition) is 3. The minimum atomic E-state index is -0.492. The minimum Gasteiger partial charge on any atom is -0.373 e. The van der Waals surface area contributed by atoms with Gasteiger partial charge in [0, 0.05) is 25.3 Å². The van der Waals surface area contributed by atoms with Gasteiger partial charge in [-0.3, -0.25) is 4.79 Å². The summed E-state index contributed by atoms with van der Waals surface area (Å²) in [7, 11) is 2.03. The molecule has 1 unspecified atom stereocenters. The van der Waals surface area contributed by atoms with Crippen molar-refractivity contribution in [3.05, 3.63) is 28.8 Å². The summed E-state index contributed by atoms with van der Waals surface area (Å²) in [5, 5.41) is 3.93. The molecule has 0 radical (unpaired) electrons. The van der Waals surface area contributed by atoms with E-state index in [1.165, 1.54) is 19.3 Å². The number of nitrogens with one attached hydrogen (secondary N) is 1. The molecular formula is C14H20ClN3O. The van der Waals surface area contributed by atoms with Crippen molar-refractivity contribution in [3.63, 3.8) is 0 Å². The quantitative estimate of drug-likeness (QED) is 0.888. The number of rotatable bonds is 4. The average molecular weight is 282 g/mol. The monoisotopic (exact) mass is 281 g/mol. The van der Waals surface area contributed by atoms with E-state index in [9.17, 15) is 4.79 Å². The van der Waals surface area contributed by atoms with E-state index in [1.807, 2.05) is 13.1 Å². The maximum absolute atomic E-state index is 11.1. The Morgan fingerprint density at radius 2 is 2.32 bits per heavy atom. The largest absolute Gasteiger partial charge is 0.373 e. The Hall–Kier alpha value is -1.26. The predicted molar refractivity (Wildman–Crippen MR) is 78.9 cm³/mol. The van der Waals surface area contributed by atoms with Gasteiger partial charge in [-0.1, -0.05) is 18.0 Å². The van der Waals surface area contributed by atoms with E-state index in [0.29, 0.717) is 16.6 Å². The summed E-state index contributed by atoms with van der Waals surface area (Å²) in [6.07, 6.45) is 3.75. The Morgan fingerprint density at radius 3 is 2.89 bits per heavy atom. The van der Waals surface area contributed by atoms with Crippen LogP contribution in [0.3, 0.4) is 0 Å². The van der Waals surface area contributed by atoms with Crippen LogP contribution in [0, 0.1) is 0 Å². The molecule has 0 saturated carbocycles. The lowest BCUT2D eigenvalue weighted by atomic mass is 10.0. The van der Waals surface area contributed by atoms with Crippen LogP contribution >= 0.6 is 11.6 Å². The number of carbonyl (C=O) groups excluding carboxylic acids is 1. The van der Waals surface area contributed by atoms with Gasteiger partial charge in [0.15, 0.2) is 0 Å². The Balaban J connectivity index is 2.04. The van der Waals surface area contributed by atoms with E-state index in [2.05, 4.69) is 10.2 Å². The van der Waals surface area contributed by atoms with Crippen LogP contribution in [0.4, 0.5) is 5.69 Å². The number of piperidine rings is 1. The second kappa shape index (κ2) is 6.26. The average Bonchev–Trinajstić information content (AvgIpc) is 2.39. The van der Waals surface area contributed by atoms with Gasteiger partial charge in [0.25, 0.3) is 0 Å². The highest BCUT2D eigenvalue weighted by Crippen LogP contribution is 2.23. The molecule has 1 aromatic rings. The van der Waals surface area contributed by atoms with Crippen molar-refractivity contribution in [2.24, 2.45) is 5.73 Å². The second-order valence-electron chi connectivity index (χ2n) is 5.06. The van der Waals surface area contributed by atoms with E-state index in [4.69, 9.17) is 17.3 Å². The lowest BCUT2D eigenvalue weighted by molar-refractivity contribution is 0.100. The minimum absolute atomic E-state index is 0.370. The zero-order valence-corrected chi connectivity index (χ0v) is 11.9. The summed E-state index contributed by atoms with van der Waals surface area (Å²) in [6, 6.07) is 5.89. The van der Waals surface area contributed by atoms with Gasteiger partial charge in [-0.2, -0.15) is 0 Å². The number of primary amides is 1. The lowest BCUT2D eigenvalue weighted by Crippen LogP contribution is -2.42. The second-order valence-corrected chi connectivity index (χ2v) is 5.46. The standard InChI is InChI=1S/C14H20ClN3O/c1-18(9-10-4-2-3-7-17-10)11-5-6-12(14(16)19)13(15)8-11/h5-6,8,10,17H,2-4,7,9H2,1H3,(H2,16,19). The molecule has 1 fully saturated rings. The first-order valence-corrected chi connectivity index (χ1v) is 6.99. The van der Waals surface area contributed by atoms with Crippen molar-refractivity contribution in [1.82, 2.24) is 5.32 Å². The highest BCUT2D eigenvalue weighted by atomic mass is 35.5. The Labute approximate surface area is 118 Å². The van der Waals surface area contributed by atoms with E-state index >= 15 is 0 Å². The molecule has 0 bridgehead atoms. The van der Waals surface area contributed by atoms with Crippen molar-refractivity contribution >= 4 is 23.2 Å². The number of amides is 1. The molecule has 0 aromatic heterocycles. The van der Waals surface area contributed by atoms with Crippen LogP contribution in [0.2, 0.25) is 5.02 Å². The number of likely N-dealkylation sites (N-methyl/N-ethyl adjacent to an activating group) is 1. The van der Waals surface area contributed by atoms with Crippen molar-refractivity contribution in [1.29, 1.82) is 0 Å². The molecule has 4 nitrogen and oxygen atoms in total. The van der Waals surface area contributed by atoms with E-state index in [0.717, 1.165) is 18.8 Å². The fourth-order valence-corrected chi connectivity index (χ4v) is 2.73. The fourth-order valence-electron chi connectivity index (χ4n) is 2.46. The topological polar surface area (TPSA) is 58.4 Å². The third-order valence-corrected chi connectivity index (χ3v) is 3.88. The molecular weight excluding hydrogens is 262 g/mol. The highest BCUT2D eigenvalue weighted by Gasteiger charge is 2.16. The summed E-state index contributed by atoms with van der Waals surface area (Å²) < 4.78 is 0. The molecule has 5 heteroatoms. The third kappa shape index (κ3) is 3.61. The van der Waals surface area contributed by atoms with Crippen molar-refractivity contribution in [3.8, 4) is 0 Å². The van der Waals surface area contributed by atoms with Crippen LogP contribution < -0.4 is 16.0 Å². The van der Waals surface area contributed by atoms with Crippen molar-refractivity contribution in [2.45, 2.75) is 25.3 Å². The molecule has 1 aliphatic heterocycles. The molecule has 1 aromatic carbocycles. The molecule has 104 valence electrons. The van der Waals surface area contributed by atoms with Crippen molar-refractivity contribution < 1.29 is 4.79 Å². The molecule has 1 heterocycles. The molecule has 1 aliphatic rings. The Bertz CT molecular complexity index is 458. The van der Waals surface area contributed by atoms with E-state index in [1.54, 1.807) is 12.1 Å². The maximum atomic E-state index is 11.1. The Morgan fingerprint density at radius 1 is 1.53 bits per heavy atom. The SMILES string of the molecule is CN(CC1CCCCN1)c1ccc(C(N)=O)c(Cl)c1. The van der Waals surface area contributed by atoms with Gasteiger partial charge < -0.3 is 16.0 Å². The summed E-state index contributed by atoms with van der Waals surface area (Å²) in [6.45, 7) is 2.03. The smallest absolute Gasteiger partial charge is 0.250 e. The molecule has 0 aliphatic carbocycles. The van der Waals surface area contributed by atoms with Gasteiger partial charge in [-0.15, -0.1) is 0 Å². The fraction of sp³-hybridized carbons (Fsp3) is 0.500. The first-order chi connectivity index (χ1) is 9.08. The van der Waals surface area contributed by atoms with Gasteiger partial charge in [0.05, 0.1) is 10.6 Å². The summed E-state index contributed by atoms with van der Waals surface area (Å²) in [4.78, 5) is 13.3. The maximum Gasteiger partial charge on any atom is 0.250 e. The summed E-state index contributed by atoms with van der Waals surface area (Å²) >= 11 is 6.07. The zero-order chi connectivity index (χ0) is 13.8. The first kappa shape index (κ1) is 14.2. The normalized spacial score (nSPS) is 19.2. The third-order valence-electron chi connectivity index (χ3n) is 3.57. The van der Waals surface area contributed by atoms with Crippen LogP contribution in [0.15, 0.2) is 18.2 Å². The van der Waals surface area contributed by atoms with Crippen molar-refractivity contribution in [2.75, 3.05) is 25.0 Å². The number of nitrogens with zero attached hydrogens (tertiary/aromatic N) is 1. The summed E-state index contributed by atoms with van der Waals surface area (Å²) in [5.41, 5.74) is 6.62. The molecule has 1 saturated heterocycles. The van der Waals surface area contributed by atoms with Gasteiger partial charge in [0.1, 0.15) is 0 Å². The van der Waals surface area contributed by atoms with Crippen LogP contribution in [0.1, 0.15) is 29.6 Å². The van der Waals surface area contributed by atoms with Crippen LogP contribution in [-0.2, 0) is 0 Å². The molecule has 1 amide bonds. The molecule has 2 rings (SSSR count). The van der Waals surface area contributed by atoms with Crippen LogP contribution in [0.5, 0.6) is 0 Å². The van der Waals surface area contributed by atoms with E-state index in [-0.39, 0.29) is 0 Å². The number of halogens is 1.